The van der Waals surface area contributed by atoms with E-state index < -0.39 is 6.10 Å². The lowest BCUT2D eigenvalue weighted by Gasteiger charge is -2.32. The molecule has 0 aliphatic carbocycles. The molecular formula is C27H30N2O3. The quantitative estimate of drug-likeness (QED) is 0.513. The van der Waals surface area contributed by atoms with Crippen LogP contribution in [0.2, 0.25) is 0 Å². The van der Waals surface area contributed by atoms with Crippen molar-refractivity contribution in [3.63, 3.8) is 0 Å². The highest BCUT2D eigenvalue weighted by Crippen LogP contribution is 2.26. The molecule has 3 aromatic rings. The molecule has 2 atom stereocenters. The summed E-state index contributed by atoms with van der Waals surface area (Å²) in [5, 5.41) is 2.81. The Hall–Kier alpha value is -3.60. The third-order valence-electron chi connectivity index (χ3n) is 5.29. The zero-order valence-electron chi connectivity index (χ0n) is 19.0. The van der Waals surface area contributed by atoms with Crippen LogP contribution in [0.25, 0.3) is 0 Å². The van der Waals surface area contributed by atoms with Crippen molar-refractivity contribution >= 4 is 17.5 Å². The Morgan fingerprint density at radius 1 is 0.938 bits per heavy atom. The first-order valence-electron chi connectivity index (χ1n) is 10.8. The highest BCUT2D eigenvalue weighted by Gasteiger charge is 2.27. The van der Waals surface area contributed by atoms with Gasteiger partial charge in [0.1, 0.15) is 5.75 Å². The molecule has 166 valence electrons. The fourth-order valence-electron chi connectivity index (χ4n) is 3.62. The summed E-state index contributed by atoms with van der Waals surface area (Å²) in [5.74, 6) is 0.436. The minimum Gasteiger partial charge on any atom is -0.481 e. The van der Waals surface area contributed by atoms with Crippen LogP contribution in [0.1, 0.15) is 43.5 Å². The molecule has 0 saturated heterocycles. The molecule has 0 radical (unpaired) electrons. The molecule has 3 aromatic carbocycles. The Morgan fingerprint density at radius 3 is 2.34 bits per heavy atom. The molecule has 3 rings (SSSR count). The first-order chi connectivity index (χ1) is 15.3. The molecule has 0 bridgehead atoms. The number of anilines is 1. The summed E-state index contributed by atoms with van der Waals surface area (Å²) in [5.41, 5.74) is 3.75. The average Bonchev–Trinajstić information content (AvgIpc) is 2.77. The molecule has 0 spiro atoms. The SMILES string of the molecule is CC(=O)Nc1cccc([C@H](C)N(Cc2ccccc2)C(=O)[C@H](C)Oc2cccc(C)c2)c1. The van der Waals surface area contributed by atoms with Crippen molar-refractivity contribution in [2.75, 3.05) is 5.32 Å². The molecule has 0 aliphatic rings. The summed E-state index contributed by atoms with van der Waals surface area (Å²) in [6.45, 7) is 7.69. The Labute approximate surface area is 190 Å². The number of amides is 2. The average molecular weight is 431 g/mol. The van der Waals surface area contributed by atoms with Gasteiger partial charge in [0, 0.05) is 19.2 Å². The van der Waals surface area contributed by atoms with E-state index in [0.717, 1.165) is 16.7 Å². The molecular weight excluding hydrogens is 400 g/mol. The van der Waals surface area contributed by atoms with Gasteiger partial charge in [-0.1, -0.05) is 54.6 Å². The maximum atomic E-state index is 13.5. The van der Waals surface area contributed by atoms with Crippen LogP contribution in [0.15, 0.2) is 78.9 Å². The van der Waals surface area contributed by atoms with Crippen LogP contribution in [-0.2, 0) is 16.1 Å². The first-order valence-corrected chi connectivity index (χ1v) is 10.8. The van der Waals surface area contributed by atoms with Crippen molar-refractivity contribution in [3.8, 4) is 5.75 Å². The second-order valence-electron chi connectivity index (χ2n) is 8.01. The second kappa shape index (κ2) is 10.6. The number of hydrogen-bond acceptors (Lipinski definition) is 3. The van der Waals surface area contributed by atoms with E-state index in [2.05, 4.69) is 5.32 Å². The van der Waals surface area contributed by atoms with E-state index >= 15 is 0 Å². The molecule has 1 N–H and O–H groups in total. The molecule has 0 fully saturated rings. The minimum atomic E-state index is -0.651. The van der Waals surface area contributed by atoms with Crippen molar-refractivity contribution in [2.45, 2.75) is 46.4 Å². The second-order valence-corrected chi connectivity index (χ2v) is 8.01. The Morgan fingerprint density at radius 2 is 1.66 bits per heavy atom. The number of ether oxygens (including phenoxy) is 1. The summed E-state index contributed by atoms with van der Waals surface area (Å²) in [4.78, 5) is 26.8. The molecule has 2 amide bonds. The Bertz CT molecular complexity index is 1070. The van der Waals surface area contributed by atoms with Crippen LogP contribution < -0.4 is 10.1 Å². The topological polar surface area (TPSA) is 58.6 Å². The predicted octanol–water partition coefficient (Wildman–Crippen LogP) is 5.51. The van der Waals surface area contributed by atoms with Crippen molar-refractivity contribution < 1.29 is 14.3 Å². The van der Waals surface area contributed by atoms with Crippen LogP contribution in [0.5, 0.6) is 5.75 Å². The van der Waals surface area contributed by atoms with Crippen LogP contribution in [0.3, 0.4) is 0 Å². The maximum Gasteiger partial charge on any atom is 0.264 e. The van der Waals surface area contributed by atoms with Crippen LogP contribution in [0, 0.1) is 6.92 Å². The van der Waals surface area contributed by atoms with Gasteiger partial charge in [-0.2, -0.15) is 0 Å². The summed E-state index contributed by atoms with van der Waals surface area (Å²) in [6, 6.07) is 25.0. The zero-order chi connectivity index (χ0) is 23.1. The van der Waals surface area contributed by atoms with E-state index in [1.54, 1.807) is 6.92 Å². The van der Waals surface area contributed by atoms with E-state index in [1.807, 2.05) is 97.6 Å². The first kappa shape index (κ1) is 23.1. The summed E-state index contributed by atoms with van der Waals surface area (Å²) < 4.78 is 5.99. The molecule has 5 heteroatoms. The fraction of sp³-hybridized carbons (Fsp3) is 0.259. The lowest BCUT2D eigenvalue weighted by molar-refractivity contribution is -0.141. The van der Waals surface area contributed by atoms with Gasteiger partial charge in [-0.05, 0) is 61.7 Å². The van der Waals surface area contributed by atoms with Crippen molar-refractivity contribution in [1.82, 2.24) is 4.90 Å². The molecule has 5 nitrogen and oxygen atoms in total. The predicted molar refractivity (Wildman–Crippen MR) is 127 cm³/mol. The van der Waals surface area contributed by atoms with E-state index in [0.29, 0.717) is 18.0 Å². The number of benzene rings is 3. The third-order valence-corrected chi connectivity index (χ3v) is 5.29. The molecule has 0 aromatic heterocycles. The summed E-state index contributed by atoms with van der Waals surface area (Å²) in [7, 11) is 0. The van der Waals surface area contributed by atoms with Gasteiger partial charge >= 0.3 is 0 Å². The molecule has 0 heterocycles. The van der Waals surface area contributed by atoms with E-state index in [4.69, 9.17) is 4.74 Å². The number of nitrogens with one attached hydrogen (secondary N) is 1. The van der Waals surface area contributed by atoms with E-state index in [9.17, 15) is 9.59 Å². The standard InChI is InChI=1S/C27H30N2O3/c1-19-10-8-15-26(16-19)32-21(3)27(31)29(18-23-11-6-5-7-12-23)20(2)24-13-9-14-25(17-24)28-22(4)30/h5-17,20-21H,18H2,1-4H3,(H,28,30)/t20-,21-/m0/s1. The van der Waals surface area contributed by atoms with Crippen LogP contribution in [-0.4, -0.2) is 22.8 Å². The number of hydrogen-bond donors (Lipinski definition) is 1. The number of aryl methyl sites for hydroxylation is 1. The monoisotopic (exact) mass is 430 g/mol. The summed E-state index contributed by atoms with van der Waals surface area (Å²) in [6.07, 6.45) is -0.651. The van der Waals surface area contributed by atoms with Crippen LogP contribution >= 0.6 is 0 Å². The van der Waals surface area contributed by atoms with Crippen molar-refractivity contribution in [1.29, 1.82) is 0 Å². The zero-order valence-corrected chi connectivity index (χ0v) is 19.0. The molecule has 0 unspecified atom stereocenters. The number of rotatable bonds is 8. The van der Waals surface area contributed by atoms with Gasteiger partial charge in [0.2, 0.25) is 5.91 Å². The minimum absolute atomic E-state index is 0.104. The van der Waals surface area contributed by atoms with Gasteiger partial charge in [0.05, 0.1) is 6.04 Å². The molecule has 0 saturated carbocycles. The largest absolute Gasteiger partial charge is 0.481 e. The van der Waals surface area contributed by atoms with Crippen molar-refractivity contribution in [3.05, 3.63) is 95.6 Å². The summed E-state index contributed by atoms with van der Waals surface area (Å²) >= 11 is 0. The van der Waals surface area contributed by atoms with Gasteiger partial charge in [-0.3, -0.25) is 9.59 Å². The lowest BCUT2D eigenvalue weighted by Crippen LogP contribution is -2.41. The number of nitrogens with zero attached hydrogens (tertiary/aromatic N) is 1. The highest BCUT2D eigenvalue weighted by atomic mass is 16.5. The highest BCUT2D eigenvalue weighted by molar-refractivity contribution is 5.88. The molecule has 0 aliphatic heterocycles. The third kappa shape index (κ3) is 6.20. The van der Waals surface area contributed by atoms with Gasteiger partial charge < -0.3 is 15.0 Å². The Balaban J connectivity index is 1.87. The van der Waals surface area contributed by atoms with E-state index in [-0.39, 0.29) is 17.9 Å². The van der Waals surface area contributed by atoms with Gasteiger partial charge in [0.25, 0.3) is 5.91 Å². The number of carbonyl (C=O) groups excluding carboxylic acids is 2. The maximum absolute atomic E-state index is 13.5. The van der Waals surface area contributed by atoms with Gasteiger partial charge in [0.15, 0.2) is 6.10 Å². The molecule has 32 heavy (non-hydrogen) atoms. The van der Waals surface area contributed by atoms with Gasteiger partial charge in [-0.25, -0.2) is 0 Å². The lowest BCUT2D eigenvalue weighted by atomic mass is 10.0. The smallest absolute Gasteiger partial charge is 0.264 e. The normalized spacial score (nSPS) is 12.5. The van der Waals surface area contributed by atoms with Crippen molar-refractivity contribution in [2.24, 2.45) is 0 Å². The van der Waals surface area contributed by atoms with E-state index in [1.165, 1.54) is 6.92 Å². The Kier molecular flexibility index (Phi) is 7.66. The van der Waals surface area contributed by atoms with Crippen LogP contribution in [0.4, 0.5) is 5.69 Å². The fourth-order valence-corrected chi connectivity index (χ4v) is 3.62. The number of carbonyl (C=O) groups is 2. The van der Waals surface area contributed by atoms with Gasteiger partial charge in [-0.15, -0.1) is 0 Å².